The summed E-state index contributed by atoms with van der Waals surface area (Å²) in [6.07, 6.45) is 1.99. The Morgan fingerprint density at radius 1 is 1.37 bits per heavy atom. The van der Waals surface area contributed by atoms with E-state index in [1.165, 1.54) is 24.3 Å². The number of carbonyl (C=O) groups is 1. The van der Waals surface area contributed by atoms with Gasteiger partial charge in [-0.3, -0.25) is 10.1 Å². The molecule has 0 unspecified atom stereocenters. The average molecular weight is 264 g/mol. The van der Waals surface area contributed by atoms with Crippen LogP contribution in [0.2, 0.25) is 0 Å². The Morgan fingerprint density at radius 3 is 2.53 bits per heavy atom. The van der Waals surface area contributed by atoms with Gasteiger partial charge in [0.2, 0.25) is 0 Å². The standard InChI is InChI=1S/C14H17FN2O2/c1-9(2)19-14(16-12-7-8-12)17-13(18)10-3-5-11(15)6-4-10/h3-6,9,12H,7-8H2,1-2H3,(H,16,17,18). The van der Waals surface area contributed by atoms with Crippen LogP contribution in [-0.4, -0.2) is 24.1 Å². The molecule has 4 nitrogen and oxygen atoms in total. The Bertz CT molecular complexity index is 479. The van der Waals surface area contributed by atoms with Crippen LogP contribution in [0, 0.1) is 5.82 Å². The molecule has 0 heterocycles. The van der Waals surface area contributed by atoms with Crippen LogP contribution in [-0.2, 0) is 4.74 Å². The number of rotatable bonds is 3. The Morgan fingerprint density at radius 2 is 2.00 bits per heavy atom. The van der Waals surface area contributed by atoms with Crippen LogP contribution in [0.15, 0.2) is 29.3 Å². The second-order valence-electron chi connectivity index (χ2n) is 4.79. The maximum atomic E-state index is 12.8. The van der Waals surface area contributed by atoms with E-state index < -0.39 is 0 Å². The molecule has 5 heteroatoms. The van der Waals surface area contributed by atoms with Gasteiger partial charge in [0.05, 0.1) is 12.1 Å². The fourth-order valence-electron chi connectivity index (χ4n) is 1.46. The summed E-state index contributed by atoms with van der Waals surface area (Å²) in [7, 11) is 0. The summed E-state index contributed by atoms with van der Waals surface area (Å²) in [5.41, 5.74) is 0.372. The highest BCUT2D eigenvalue weighted by Gasteiger charge is 2.23. The quantitative estimate of drug-likeness (QED) is 0.673. The van der Waals surface area contributed by atoms with E-state index in [-0.39, 0.29) is 29.9 Å². The Balaban J connectivity index is 2.03. The average Bonchev–Trinajstić information content (AvgIpc) is 3.12. The van der Waals surface area contributed by atoms with Crippen molar-refractivity contribution < 1.29 is 13.9 Å². The molecule has 1 aliphatic rings. The molecule has 0 radical (unpaired) electrons. The molecular formula is C14H17FN2O2. The normalized spacial score (nSPS) is 15.5. The molecule has 0 spiro atoms. The number of halogens is 1. The van der Waals surface area contributed by atoms with Gasteiger partial charge in [-0.25, -0.2) is 9.38 Å². The number of hydrogen-bond acceptors (Lipinski definition) is 3. The third kappa shape index (κ3) is 4.35. The van der Waals surface area contributed by atoms with Crippen LogP contribution in [0.1, 0.15) is 37.0 Å². The molecule has 1 fully saturated rings. The van der Waals surface area contributed by atoms with E-state index in [1.54, 1.807) is 0 Å². The lowest BCUT2D eigenvalue weighted by atomic mass is 10.2. The van der Waals surface area contributed by atoms with Gasteiger partial charge in [0.15, 0.2) is 0 Å². The Labute approximate surface area is 111 Å². The number of nitrogens with zero attached hydrogens (tertiary/aromatic N) is 1. The molecule has 1 aromatic rings. The molecule has 0 saturated heterocycles. The predicted octanol–water partition coefficient (Wildman–Crippen LogP) is 2.50. The van der Waals surface area contributed by atoms with Crippen LogP contribution in [0.4, 0.5) is 4.39 Å². The largest absolute Gasteiger partial charge is 0.462 e. The zero-order valence-corrected chi connectivity index (χ0v) is 11.0. The summed E-state index contributed by atoms with van der Waals surface area (Å²) in [5.74, 6) is -0.720. The molecule has 1 aliphatic carbocycles. The van der Waals surface area contributed by atoms with Crippen molar-refractivity contribution in [3.05, 3.63) is 35.6 Å². The number of nitrogens with one attached hydrogen (secondary N) is 1. The zero-order chi connectivity index (χ0) is 13.8. The van der Waals surface area contributed by atoms with Crippen LogP contribution < -0.4 is 5.32 Å². The first kappa shape index (κ1) is 13.5. The van der Waals surface area contributed by atoms with Gasteiger partial charge in [0.1, 0.15) is 5.82 Å². The van der Waals surface area contributed by atoms with Crippen LogP contribution >= 0.6 is 0 Å². The highest BCUT2D eigenvalue weighted by Crippen LogP contribution is 2.23. The maximum absolute atomic E-state index is 12.8. The maximum Gasteiger partial charge on any atom is 0.292 e. The van der Waals surface area contributed by atoms with Gasteiger partial charge >= 0.3 is 0 Å². The molecule has 1 aromatic carbocycles. The minimum atomic E-state index is -0.373. The smallest absolute Gasteiger partial charge is 0.292 e. The molecule has 102 valence electrons. The van der Waals surface area contributed by atoms with E-state index in [0.717, 1.165) is 12.8 Å². The van der Waals surface area contributed by atoms with Crippen molar-refractivity contribution >= 4 is 11.9 Å². The van der Waals surface area contributed by atoms with Gasteiger partial charge in [-0.2, -0.15) is 0 Å². The lowest BCUT2D eigenvalue weighted by molar-refractivity contribution is 0.0959. The van der Waals surface area contributed by atoms with E-state index in [9.17, 15) is 9.18 Å². The van der Waals surface area contributed by atoms with Crippen LogP contribution in [0.5, 0.6) is 0 Å². The van der Waals surface area contributed by atoms with Crippen LogP contribution in [0.25, 0.3) is 0 Å². The van der Waals surface area contributed by atoms with Crippen molar-refractivity contribution in [2.45, 2.75) is 38.8 Å². The fraction of sp³-hybridized carbons (Fsp3) is 0.429. The molecule has 2 rings (SSSR count). The molecule has 0 aromatic heterocycles. The number of benzene rings is 1. The molecule has 0 bridgehead atoms. The van der Waals surface area contributed by atoms with E-state index in [2.05, 4.69) is 10.3 Å². The third-order valence-electron chi connectivity index (χ3n) is 2.52. The number of ether oxygens (including phenoxy) is 1. The number of hydrogen-bond donors (Lipinski definition) is 1. The van der Waals surface area contributed by atoms with Gasteiger partial charge in [0, 0.05) is 5.56 Å². The number of amidine groups is 1. The molecule has 1 amide bonds. The minimum absolute atomic E-state index is 0.0639. The number of aliphatic imine (C=N–C) groups is 1. The second-order valence-corrected chi connectivity index (χ2v) is 4.79. The number of carbonyl (C=O) groups excluding carboxylic acids is 1. The lowest BCUT2D eigenvalue weighted by Crippen LogP contribution is -2.34. The summed E-state index contributed by atoms with van der Waals surface area (Å²) >= 11 is 0. The van der Waals surface area contributed by atoms with E-state index >= 15 is 0 Å². The van der Waals surface area contributed by atoms with Crippen molar-refractivity contribution in [1.82, 2.24) is 5.32 Å². The summed E-state index contributed by atoms with van der Waals surface area (Å²) < 4.78 is 18.2. The van der Waals surface area contributed by atoms with Crippen LogP contribution in [0.3, 0.4) is 0 Å². The van der Waals surface area contributed by atoms with E-state index in [1.807, 2.05) is 13.8 Å². The molecular weight excluding hydrogens is 247 g/mol. The van der Waals surface area contributed by atoms with Crippen molar-refractivity contribution in [2.75, 3.05) is 0 Å². The van der Waals surface area contributed by atoms with Gasteiger partial charge in [-0.05, 0) is 51.0 Å². The van der Waals surface area contributed by atoms with Crippen molar-refractivity contribution in [2.24, 2.45) is 4.99 Å². The molecule has 0 aliphatic heterocycles. The first-order chi connectivity index (χ1) is 9.04. The fourth-order valence-corrected chi connectivity index (χ4v) is 1.46. The van der Waals surface area contributed by atoms with E-state index in [4.69, 9.17) is 4.74 Å². The molecule has 1 N–H and O–H groups in total. The van der Waals surface area contributed by atoms with Crippen molar-refractivity contribution in [3.8, 4) is 0 Å². The second kappa shape index (κ2) is 5.82. The topological polar surface area (TPSA) is 50.7 Å². The first-order valence-electron chi connectivity index (χ1n) is 6.36. The Hall–Kier alpha value is -1.91. The summed E-state index contributed by atoms with van der Waals surface area (Å²) in [6, 6.07) is 5.84. The molecule has 1 saturated carbocycles. The van der Waals surface area contributed by atoms with Gasteiger partial charge in [-0.15, -0.1) is 0 Å². The predicted molar refractivity (Wildman–Crippen MR) is 70.5 cm³/mol. The summed E-state index contributed by atoms with van der Waals surface area (Å²) in [4.78, 5) is 16.3. The van der Waals surface area contributed by atoms with Crippen molar-refractivity contribution in [1.29, 1.82) is 0 Å². The van der Waals surface area contributed by atoms with Gasteiger partial charge in [0.25, 0.3) is 11.9 Å². The zero-order valence-electron chi connectivity index (χ0n) is 11.0. The third-order valence-corrected chi connectivity index (χ3v) is 2.52. The first-order valence-corrected chi connectivity index (χ1v) is 6.36. The monoisotopic (exact) mass is 264 g/mol. The summed E-state index contributed by atoms with van der Waals surface area (Å²) in [5, 5.41) is 2.62. The highest BCUT2D eigenvalue weighted by molar-refractivity contribution is 6.04. The summed E-state index contributed by atoms with van der Waals surface area (Å²) in [6.45, 7) is 3.74. The van der Waals surface area contributed by atoms with E-state index in [0.29, 0.717) is 5.56 Å². The van der Waals surface area contributed by atoms with Gasteiger partial charge in [-0.1, -0.05) is 0 Å². The molecule has 0 atom stereocenters. The lowest BCUT2D eigenvalue weighted by Gasteiger charge is -2.13. The Kier molecular flexibility index (Phi) is 4.14. The minimum Gasteiger partial charge on any atom is -0.462 e. The van der Waals surface area contributed by atoms with Gasteiger partial charge < -0.3 is 4.74 Å². The number of amides is 1. The molecule has 19 heavy (non-hydrogen) atoms. The SMILES string of the molecule is CC(C)OC(=NC1CC1)NC(=O)c1ccc(F)cc1. The van der Waals surface area contributed by atoms with Crippen molar-refractivity contribution in [3.63, 3.8) is 0 Å². The highest BCUT2D eigenvalue weighted by atomic mass is 19.1.